The van der Waals surface area contributed by atoms with Crippen molar-refractivity contribution in [1.29, 1.82) is 0 Å². The molecule has 0 radical (unpaired) electrons. The van der Waals surface area contributed by atoms with Gasteiger partial charge in [-0.1, -0.05) is 18.2 Å². The summed E-state index contributed by atoms with van der Waals surface area (Å²) in [6, 6.07) is 9.03. The molecule has 7 nitrogen and oxygen atoms in total. The molecule has 1 fully saturated rings. The first-order valence-corrected chi connectivity index (χ1v) is 10.3. The van der Waals surface area contributed by atoms with Crippen molar-refractivity contribution in [3.63, 3.8) is 0 Å². The zero-order chi connectivity index (χ0) is 21.0. The highest BCUT2D eigenvalue weighted by Gasteiger charge is 2.30. The Bertz CT molecular complexity index is 901. The van der Waals surface area contributed by atoms with E-state index in [-0.39, 0.29) is 23.5 Å². The fourth-order valence-electron chi connectivity index (χ4n) is 3.02. The lowest BCUT2D eigenvalue weighted by atomic mass is 10.1. The first-order valence-electron chi connectivity index (χ1n) is 9.50. The first-order chi connectivity index (χ1) is 13.9. The Morgan fingerprint density at radius 1 is 1.17 bits per heavy atom. The van der Waals surface area contributed by atoms with E-state index in [4.69, 9.17) is 9.47 Å². The van der Waals surface area contributed by atoms with Crippen molar-refractivity contribution in [2.24, 2.45) is 0 Å². The maximum absolute atomic E-state index is 12.8. The van der Waals surface area contributed by atoms with Crippen LogP contribution in [0.3, 0.4) is 0 Å². The van der Waals surface area contributed by atoms with Crippen molar-refractivity contribution in [2.75, 3.05) is 17.2 Å². The molecule has 3 rings (SSSR count). The molecule has 1 saturated heterocycles. The van der Waals surface area contributed by atoms with Gasteiger partial charge in [-0.2, -0.15) is 0 Å². The van der Waals surface area contributed by atoms with Crippen LogP contribution in [-0.4, -0.2) is 36.6 Å². The van der Waals surface area contributed by atoms with Crippen molar-refractivity contribution < 1.29 is 23.9 Å². The van der Waals surface area contributed by atoms with E-state index in [1.165, 1.54) is 0 Å². The number of rotatable bonds is 6. The largest absolute Gasteiger partial charge is 0.459 e. The Balaban J connectivity index is 1.90. The summed E-state index contributed by atoms with van der Waals surface area (Å²) >= 11 is 1.06. The zero-order valence-corrected chi connectivity index (χ0v) is 17.4. The van der Waals surface area contributed by atoms with Crippen LogP contribution in [0.4, 0.5) is 10.7 Å². The van der Waals surface area contributed by atoms with Gasteiger partial charge in [-0.15, -0.1) is 11.3 Å². The van der Waals surface area contributed by atoms with Crippen LogP contribution in [0.15, 0.2) is 30.3 Å². The molecule has 0 aliphatic carbocycles. The quantitative estimate of drug-likeness (QED) is 0.695. The summed E-state index contributed by atoms with van der Waals surface area (Å²) in [6.45, 7) is 5.70. The van der Waals surface area contributed by atoms with Crippen LogP contribution < -0.4 is 10.6 Å². The molecule has 29 heavy (non-hydrogen) atoms. The van der Waals surface area contributed by atoms with Gasteiger partial charge in [0.25, 0.3) is 11.8 Å². The summed E-state index contributed by atoms with van der Waals surface area (Å²) in [5.41, 5.74) is 1.31. The number of anilines is 2. The minimum Gasteiger partial charge on any atom is -0.459 e. The second-order valence-electron chi connectivity index (χ2n) is 7.03. The van der Waals surface area contributed by atoms with Gasteiger partial charge in [0.2, 0.25) is 0 Å². The third-order valence-corrected chi connectivity index (χ3v) is 5.60. The van der Waals surface area contributed by atoms with Gasteiger partial charge in [0.15, 0.2) is 0 Å². The molecule has 2 N–H and O–H groups in total. The molecule has 1 aromatic carbocycles. The molecule has 1 aromatic heterocycles. The van der Waals surface area contributed by atoms with Gasteiger partial charge in [-0.25, -0.2) is 4.79 Å². The van der Waals surface area contributed by atoms with Crippen LogP contribution >= 0.6 is 11.3 Å². The molecule has 0 bridgehead atoms. The number of benzene rings is 1. The van der Waals surface area contributed by atoms with Gasteiger partial charge in [0, 0.05) is 12.3 Å². The highest BCUT2D eigenvalue weighted by molar-refractivity contribution is 7.19. The van der Waals surface area contributed by atoms with Crippen molar-refractivity contribution in [3.8, 4) is 0 Å². The second kappa shape index (κ2) is 9.19. The van der Waals surface area contributed by atoms with Crippen molar-refractivity contribution in [2.45, 2.75) is 45.8 Å². The number of ether oxygens (including phenoxy) is 2. The summed E-state index contributed by atoms with van der Waals surface area (Å²) in [6.07, 6.45) is 0.566. The molecule has 2 aromatic rings. The maximum atomic E-state index is 12.8. The van der Waals surface area contributed by atoms with Crippen LogP contribution in [0.1, 0.15) is 52.3 Å². The number of hydrogen-bond donors (Lipinski definition) is 2. The number of para-hydroxylation sites is 1. The van der Waals surface area contributed by atoms with E-state index in [0.29, 0.717) is 34.2 Å². The molecule has 0 saturated carbocycles. The lowest BCUT2D eigenvalue weighted by molar-refractivity contribution is -0.124. The number of carbonyl (C=O) groups is 3. The zero-order valence-electron chi connectivity index (χ0n) is 16.6. The van der Waals surface area contributed by atoms with Crippen LogP contribution in [0.2, 0.25) is 0 Å². The average molecular weight is 416 g/mol. The highest BCUT2D eigenvalue weighted by atomic mass is 32.1. The standard InChI is InChI=1S/C21H24N2O5S/c1-12(2)28-21(26)16-13(3)17(19(25)22-14-8-5-4-6-9-14)29-20(16)23-18(24)15-10-7-11-27-15/h4-6,8-9,12,15H,7,10-11H2,1-3H3,(H,22,25)(H,23,24). The number of amides is 2. The Morgan fingerprint density at radius 2 is 1.90 bits per heavy atom. The van der Waals surface area contributed by atoms with Crippen molar-refractivity contribution in [1.82, 2.24) is 0 Å². The molecule has 1 aliphatic heterocycles. The molecular weight excluding hydrogens is 392 g/mol. The number of thiophene rings is 1. The van der Waals surface area contributed by atoms with Gasteiger partial charge in [-0.05, 0) is 51.3 Å². The topological polar surface area (TPSA) is 93.7 Å². The van der Waals surface area contributed by atoms with E-state index >= 15 is 0 Å². The molecule has 1 unspecified atom stereocenters. The van der Waals surface area contributed by atoms with Crippen LogP contribution in [0, 0.1) is 6.92 Å². The molecule has 0 spiro atoms. The summed E-state index contributed by atoms with van der Waals surface area (Å²) in [5.74, 6) is -1.25. The predicted octanol–water partition coefficient (Wildman–Crippen LogP) is 3.99. The van der Waals surface area contributed by atoms with E-state index in [1.54, 1.807) is 32.9 Å². The van der Waals surface area contributed by atoms with E-state index in [2.05, 4.69) is 10.6 Å². The Hall–Kier alpha value is -2.71. The number of esters is 1. The summed E-state index contributed by atoms with van der Waals surface area (Å²) in [4.78, 5) is 38.3. The number of hydrogen-bond acceptors (Lipinski definition) is 6. The molecule has 8 heteroatoms. The molecular formula is C21H24N2O5S. The van der Waals surface area contributed by atoms with Crippen LogP contribution in [-0.2, 0) is 14.3 Å². The average Bonchev–Trinajstić information content (AvgIpc) is 3.30. The van der Waals surface area contributed by atoms with Gasteiger partial charge in [0.1, 0.15) is 11.1 Å². The smallest absolute Gasteiger partial charge is 0.341 e. The van der Waals surface area contributed by atoms with Crippen LogP contribution in [0.25, 0.3) is 0 Å². The summed E-state index contributed by atoms with van der Waals surface area (Å²) < 4.78 is 10.7. The maximum Gasteiger partial charge on any atom is 0.341 e. The molecule has 154 valence electrons. The Kier molecular flexibility index (Phi) is 6.66. The van der Waals surface area contributed by atoms with Gasteiger partial charge in [-0.3, -0.25) is 9.59 Å². The second-order valence-corrected chi connectivity index (χ2v) is 8.05. The molecule has 1 aliphatic rings. The van der Waals surface area contributed by atoms with E-state index in [9.17, 15) is 14.4 Å². The number of nitrogens with one attached hydrogen (secondary N) is 2. The predicted molar refractivity (Wildman–Crippen MR) is 112 cm³/mol. The Labute approximate surface area is 173 Å². The molecule has 1 atom stereocenters. The third-order valence-electron chi connectivity index (χ3n) is 4.39. The SMILES string of the molecule is Cc1c(C(=O)Nc2ccccc2)sc(NC(=O)C2CCCO2)c1C(=O)OC(C)C. The molecule has 2 heterocycles. The lowest BCUT2D eigenvalue weighted by Crippen LogP contribution is -2.27. The molecule has 2 amide bonds. The highest BCUT2D eigenvalue weighted by Crippen LogP contribution is 2.35. The number of carbonyl (C=O) groups excluding carboxylic acids is 3. The normalized spacial score (nSPS) is 15.9. The summed E-state index contributed by atoms with van der Waals surface area (Å²) in [7, 11) is 0. The Morgan fingerprint density at radius 3 is 2.52 bits per heavy atom. The van der Waals surface area contributed by atoms with Gasteiger partial charge < -0.3 is 20.1 Å². The fourth-order valence-corrected chi connectivity index (χ4v) is 4.12. The third kappa shape index (κ3) is 5.02. The summed E-state index contributed by atoms with van der Waals surface area (Å²) in [5, 5.41) is 5.87. The first kappa shape index (κ1) is 21.0. The lowest BCUT2D eigenvalue weighted by Gasteiger charge is -2.12. The van der Waals surface area contributed by atoms with Crippen LogP contribution in [0.5, 0.6) is 0 Å². The minimum absolute atomic E-state index is 0.202. The van der Waals surface area contributed by atoms with Crippen molar-refractivity contribution in [3.05, 3.63) is 46.3 Å². The minimum atomic E-state index is -0.574. The van der Waals surface area contributed by atoms with Gasteiger partial charge >= 0.3 is 5.97 Å². The van der Waals surface area contributed by atoms with Crippen molar-refractivity contribution >= 4 is 39.8 Å². The van der Waals surface area contributed by atoms with E-state index < -0.39 is 12.1 Å². The van der Waals surface area contributed by atoms with Gasteiger partial charge in [0.05, 0.1) is 16.5 Å². The van der Waals surface area contributed by atoms with E-state index in [0.717, 1.165) is 17.8 Å². The van der Waals surface area contributed by atoms with E-state index in [1.807, 2.05) is 18.2 Å². The fraction of sp³-hybridized carbons (Fsp3) is 0.381. The monoisotopic (exact) mass is 416 g/mol.